The van der Waals surface area contributed by atoms with E-state index >= 15 is 0 Å². The van der Waals surface area contributed by atoms with Crippen molar-refractivity contribution < 1.29 is 4.74 Å². The number of aromatic nitrogens is 1. The number of anilines is 1. The van der Waals surface area contributed by atoms with Gasteiger partial charge in [-0.25, -0.2) is 4.98 Å². The Morgan fingerprint density at radius 1 is 1.33 bits per heavy atom. The highest BCUT2D eigenvalue weighted by atomic mass is 35.5. The molecule has 3 nitrogen and oxygen atoms in total. The van der Waals surface area contributed by atoms with Gasteiger partial charge < -0.3 is 10.1 Å². The average molecular weight is 283 g/mol. The molecule has 18 heavy (non-hydrogen) atoms. The van der Waals surface area contributed by atoms with Gasteiger partial charge in [-0.2, -0.15) is 0 Å². The standard InChI is InChI=1S/C13H15ClN2OS/c14-9-13(5-7-17-8-6-13)16-12-15-10-3-1-2-4-11(10)18-12/h1-4H,5-9H2,(H,15,16). The van der Waals surface area contributed by atoms with Crippen LogP contribution < -0.4 is 5.32 Å². The summed E-state index contributed by atoms with van der Waals surface area (Å²) in [6.07, 6.45) is 1.87. The van der Waals surface area contributed by atoms with E-state index in [9.17, 15) is 0 Å². The van der Waals surface area contributed by atoms with Gasteiger partial charge in [-0.1, -0.05) is 23.5 Å². The van der Waals surface area contributed by atoms with E-state index in [1.807, 2.05) is 18.2 Å². The summed E-state index contributed by atoms with van der Waals surface area (Å²) in [4.78, 5) is 4.61. The van der Waals surface area contributed by atoms with Crippen LogP contribution in [-0.2, 0) is 4.74 Å². The number of rotatable bonds is 3. The van der Waals surface area contributed by atoms with E-state index in [0.29, 0.717) is 5.88 Å². The molecule has 1 saturated heterocycles. The van der Waals surface area contributed by atoms with E-state index in [1.54, 1.807) is 11.3 Å². The minimum absolute atomic E-state index is 0.0618. The molecule has 2 heterocycles. The van der Waals surface area contributed by atoms with Crippen molar-refractivity contribution in [1.82, 2.24) is 4.98 Å². The third kappa shape index (κ3) is 2.32. The summed E-state index contributed by atoms with van der Waals surface area (Å²) in [6, 6.07) is 8.18. The van der Waals surface area contributed by atoms with Crippen LogP contribution in [0.4, 0.5) is 5.13 Å². The number of fused-ring (bicyclic) bond motifs is 1. The Morgan fingerprint density at radius 2 is 2.11 bits per heavy atom. The van der Waals surface area contributed by atoms with Crippen molar-refractivity contribution in [2.24, 2.45) is 0 Å². The number of para-hydroxylation sites is 1. The average Bonchev–Trinajstić information content (AvgIpc) is 2.81. The highest BCUT2D eigenvalue weighted by molar-refractivity contribution is 7.22. The van der Waals surface area contributed by atoms with Crippen LogP contribution >= 0.6 is 22.9 Å². The van der Waals surface area contributed by atoms with Gasteiger partial charge >= 0.3 is 0 Å². The maximum Gasteiger partial charge on any atom is 0.184 e. The zero-order valence-corrected chi connectivity index (χ0v) is 11.6. The summed E-state index contributed by atoms with van der Waals surface area (Å²) in [7, 11) is 0. The normalized spacial score (nSPS) is 18.9. The number of nitrogens with zero attached hydrogens (tertiary/aromatic N) is 1. The third-order valence-corrected chi connectivity index (χ3v) is 4.84. The molecular weight excluding hydrogens is 268 g/mol. The number of hydrogen-bond donors (Lipinski definition) is 1. The summed E-state index contributed by atoms with van der Waals surface area (Å²) < 4.78 is 6.61. The summed E-state index contributed by atoms with van der Waals surface area (Å²) in [5.74, 6) is 0.590. The van der Waals surface area contributed by atoms with Crippen LogP contribution in [0.5, 0.6) is 0 Å². The second kappa shape index (κ2) is 5.03. The first kappa shape index (κ1) is 12.2. The number of hydrogen-bond acceptors (Lipinski definition) is 4. The largest absolute Gasteiger partial charge is 0.381 e. The van der Waals surface area contributed by atoms with Gasteiger partial charge in [-0.05, 0) is 25.0 Å². The van der Waals surface area contributed by atoms with Crippen LogP contribution in [0.3, 0.4) is 0 Å². The second-order valence-corrected chi connectivity index (χ2v) is 5.94. The number of alkyl halides is 1. The van der Waals surface area contributed by atoms with Gasteiger partial charge in [0.15, 0.2) is 5.13 Å². The third-order valence-electron chi connectivity index (χ3n) is 3.37. The molecule has 0 atom stereocenters. The van der Waals surface area contributed by atoms with Crippen molar-refractivity contribution in [3.63, 3.8) is 0 Å². The SMILES string of the molecule is ClCC1(Nc2nc3ccccc3s2)CCOCC1. The Kier molecular flexibility index (Phi) is 3.41. The van der Waals surface area contributed by atoms with Crippen LogP contribution in [0.1, 0.15) is 12.8 Å². The number of nitrogens with one attached hydrogen (secondary N) is 1. The number of thiazole rings is 1. The summed E-state index contributed by atoms with van der Waals surface area (Å²) >= 11 is 7.83. The van der Waals surface area contributed by atoms with Crippen LogP contribution in [0.15, 0.2) is 24.3 Å². The molecule has 1 N–H and O–H groups in total. The Hall–Kier alpha value is -0.840. The molecule has 1 aliphatic heterocycles. The lowest BCUT2D eigenvalue weighted by atomic mass is 9.93. The van der Waals surface area contributed by atoms with E-state index < -0.39 is 0 Å². The Bertz CT molecular complexity index is 504. The first-order valence-electron chi connectivity index (χ1n) is 6.09. The second-order valence-electron chi connectivity index (χ2n) is 4.64. The molecule has 3 rings (SSSR count). The van der Waals surface area contributed by atoms with Gasteiger partial charge in [0.25, 0.3) is 0 Å². The zero-order valence-electron chi connectivity index (χ0n) is 9.99. The van der Waals surface area contributed by atoms with E-state index in [4.69, 9.17) is 16.3 Å². The van der Waals surface area contributed by atoms with Crippen molar-refractivity contribution in [2.75, 3.05) is 24.4 Å². The number of benzene rings is 1. The number of ether oxygens (including phenoxy) is 1. The molecule has 0 radical (unpaired) electrons. The summed E-state index contributed by atoms with van der Waals surface area (Å²) in [6.45, 7) is 1.54. The van der Waals surface area contributed by atoms with Crippen LogP contribution in [0, 0.1) is 0 Å². The molecule has 0 amide bonds. The molecule has 5 heteroatoms. The maximum absolute atomic E-state index is 6.14. The molecule has 1 aromatic carbocycles. The molecule has 0 saturated carbocycles. The van der Waals surface area contributed by atoms with Gasteiger partial charge in [-0.3, -0.25) is 0 Å². The molecule has 1 fully saturated rings. The van der Waals surface area contributed by atoms with Crippen molar-refractivity contribution in [3.05, 3.63) is 24.3 Å². The van der Waals surface area contributed by atoms with Gasteiger partial charge in [0.05, 0.1) is 15.8 Å². The van der Waals surface area contributed by atoms with Gasteiger partial charge in [0, 0.05) is 19.1 Å². The van der Waals surface area contributed by atoms with Gasteiger partial charge in [0.1, 0.15) is 0 Å². The lowest BCUT2D eigenvalue weighted by Crippen LogP contribution is -2.45. The maximum atomic E-state index is 6.14. The van der Waals surface area contributed by atoms with Crippen LogP contribution in [0.2, 0.25) is 0 Å². The molecule has 0 aliphatic carbocycles. The number of halogens is 1. The van der Waals surface area contributed by atoms with Crippen molar-refractivity contribution in [1.29, 1.82) is 0 Å². The van der Waals surface area contributed by atoms with Crippen LogP contribution in [0.25, 0.3) is 10.2 Å². The quantitative estimate of drug-likeness (QED) is 0.875. The fourth-order valence-electron chi connectivity index (χ4n) is 2.21. The fourth-order valence-corrected chi connectivity index (χ4v) is 3.53. The molecule has 1 aliphatic rings. The summed E-state index contributed by atoms with van der Waals surface area (Å²) in [5.41, 5.74) is 0.981. The highest BCUT2D eigenvalue weighted by Crippen LogP contribution is 2.32. The van der Waals surface area contributed by atoms with Crippen molar-refractivity contribution in [2.45, 2.75) is 18.4 Å². The predicted molar refractivity (Wildman–Crippen MR) is 76.7 cm³/mol. The van der Waals surface area contributed by atoms with Gasteiger partial charge in [-0.15, -0.1) is 11.6 Å². The Morgan fingerprint density at radius 3 is 2.83 bits per heavy atom. The molecule has 1 aromatic heterocycles. The first-order valence-corrected chi connectivity index (χ1v) is 7.44. The van der Waals surface area contributed by atoms with E-state index in [2.05, 4.69) is 16.4 Å². The highest BCUT2D eigenvalue weighted by Gasteiger charge is 2.32. The molecule has 0 bridgehead atoms. The molecule has 0 unspecified atom stereocenters. The van der Waals surface area contributed by atoms with Crippen molar-refractivity contribution in [3.8, 4) is 0 Å². The minimum atomic E-state index is -0.0618. The predicted octanol–water partition coefficient (Wildman–Crippen LogP) is 3.50. The fraction of sp³-hybridized carbons (Fsp3) is 0.462. The van der Waals surface area contributed by atoms with Crippen molar-refractivity contribution >= 4 is 38.3 Å². The zero-order chi connectivity index (χ0) is 12.4. The Labute approximate surface area is 115 Å². The Balaban J connectivity index is 1.85. The van der Waals surface area contributed by atoms with E-state index in [0.717, 1.165) is 36.7 Å². The minimum Gasteiger partial charge on any atom is -0.381 e. The molecule has 2 aromatic rings. The van der Waals surface area contributed by atoms with Gasteiger partial charge in [0.2, 0.25) is 0 Å². The van der Waals surface area contributed by atoms with E-state index in [-0.39, 0.29) is 5.54 Å². The lowest BCUT2D eigenvalue weighted by molar-refractivity contribution is 0.0668. The molecule has 96 valence electrons. The molecular formula is C13H15ClN2OS. The summed E-state index contributed by atoms with van der Waals surface area (Å²) in [5, 5.41) is 4.49. The van der Waals surface area contributed by atoms with E-state index in [1.165, 1.54) is 4.70 Å². The smallest absolute Gasteiger partial charge is 0.184 e. The first-order chi connectivity index (χ1) is 8.81. The lowest BCUT2D eigenvalue weighted by Gasteiger charge is -2.36. The van der Waals surface area contributed by atoms with Crippen LogP contribution in [-0.4, -0.2) is 29.6 Å². The topological polar surface area (TPSA) is 34.2 Å². The molecule has 0 spiro atoms. The monoisotopic (exact) mass is 282 g/mol.